The lowest BCUT2D eigenvalue weighted by molar-refractivity contribution is 0.178. The number of hydrogen-bond donors (Lipinski definition) is 1. The van der Waals surface area contributed by atoms with E-state index in [4.69, 9.17) is 11.6 Å². The summed E-state index contributed by atoms with van der Waals surface area (Å²) in [6.07, 6.45) is 0. The first-order valence-electron chi connectivity index (χ1n) is 11.0. The summed E-state index contributed by atoms with van der Waals surface area (Å²) >= 11 is 6.05. The molecule has 0 spiro atoms. The Balaban J connectivity index is 1.53. The Morgan fingerprint density at radius 2 is 1.52 bits per heavy atom. The Morgan fingerprint density at radius 1 is 0.939 bits per heavy atom. The Bertz CT molecular complexity index is 1380. The molecular formula is C24H29ClN4O3S. The first kappa shape index (κ1) is 23.9. The van der Waals surface area contributed by atoms with Crippen molar-refractivity contribution < 1.29 is 8.42 Å². The van der Waals surface area contributed by atoms with Gasteiger partial charge in [-0.05, 0) is 80.6 Å². The second-order valence-corrected chi connectivity index (χ2v) is 11.1. The molecule has 0 unspecified atom stereocenters. The molecule has 3 aromatic rings. The third-order valence-corrected chi connectivity index (χ3v) is 9.36. The quantitative estimate of drug-likeness (QED) is 0.606. The van der Waals surface area contributed by atoms with Gasteiger partial charge in [0.15, 0.2) is 0 Å². The van der Waals surface area contributed by atoms with Crippen molar-refractivity contribution in [2.75, 3.05) is 26.2 Å². The Hall–Kier alpha value is -2.26. The van der Waals surface area contributed by atoms with Gasteiger partial charge in [-0.2, -0.15) is 4.31 Å². The molecule has 2 heterocycles. The maximum Gasteiger partial charge on any atom is 0.258 e. The van der Waals surface area contributed by atoms with Crippen LogP contribution in [0.5, 0.6) is 0 Å². The van der Waals surface area contributed by atoms with E-state index in [-0.39, 0.29) is 5.56 Å². The summed E-state index contributed by atoms with van der Waals surface area (Å²) < 4.78 is 28.7. The molecule has 1 fully saturated rings. The highest BCUT2D eigenvalue weighted by Gasteiger charge is 2.32. The third kappa shape index (κ3) is 4.33. The topological polar surface area (TPSA) is 86.4 Å². The number of nitrogens with one attached hydrogen (secondary N) is 1. The lowest BCUT2D eigenvalue weighted by Crippen LogP contribution is -2.48. The van der Waals surface area contributed by atoms with Crippen LogP contribution in [0.1, 0.15) is 33.6 Å². The van der Waals surface area contributed by atoms with Gasteiger partial charge < -0.3 is 4.98 Å². The van der Waals surface area contributed by atoms with Crippen LogP contribution in [-0.2, 0) is 16.6 Å². The maximum absolute atomic E-state index is 13.6. The number of piperazine rings is 1. The molecular weight excluding hydrogens is 460 g/mol. The summed E-state index contributed by atoms with van der Waals surface area (Å²) in [5, 5.41) is 1.02. The molecule has 0 saturated carbocycles. The fourth-order valence-electron chi connectivity index (χ4n) is 4.56. The molecule has 176 valence electrons. The monoisotopic (exact) mass is 488 g/mol. The molecule has 1 saturated heterocycles. The molecule has 0 bridgehead atoms. The number of aromatic nitrogens is 2. The number of hydrogen-bond acceptors (Lipinski definition) is 5. The van der Waals surface area contributed by atoms with E-state index in [9.17, 15) is 13.2 Å². The highest BCUT2D eigenvalue weighted by Crippen LogP contribution is 2.32. The zero-order chi connectivity index (χ0) is 24.1. The molecule has 0 amide bonds. The van der Waals surface area contributed by atoms with Crippen molar-refractivity contribution in [3.63, 3.8) is 0 Å². The lowest BCUT2D eigenvalue weighted by Gasteiger charge is -2.34. The fraction of sp³-hybridized carbons (Fsp3) is 0.417. The third-order valence-electron chi connectivity index (χ3n) is 6.95. The molecule has 4 rings (SSSR count). The van der Waals surface area contributed by atoms with Gasteiger partial charge in [0.2, 0.25) is 10.0 Å². The van der Waals surface area contributed by atoms with E-state index in [1.54, 1.807) is 22.5 Å². The highest BCUT2D eigenvalue weighted by atomic mass is 35.5. The van der Waals surface area contributed by atoms with Gasteiger partial charge in [0.25, 0.3) is 5.56 Å². The smallest absolute Gasteiger partial charge is 0.258 e. The molecule has 9 heteroatoms. The van der Waals surface area contributed by atoms with E-state index in [1.165, 1.54) is 0 Å². The van der Waals surface area contributed by atoms with Gasteiger partial charge in [-0.3, -0.25) is 9.69 Å². The zero-order valence-electron chi connectivity index (χ0n) is 19.6. The average molecular weight is 489 g/mol. The van der Waals surface area contributed by atoms with E-state index in [2.05, 4.69) is 14.9 Å². The number of halogens is 1. The van der Waals surface area contributed by atoms with E-state index >= 15 is 0 Å². The molecule has 1 N–H and O–H groups in total. The van der Waals surface area contributed by atoms with Crippen molar-refractivity contribution in [1.29, 1.82) is 0 Å². The zero-order valence-corrected chi connectivity index (χ0v) is 21.2. The summed E-state index contributed by atoms with van der Waals surface area (Å²) in [7, 11) is -3.60. The van der Waals surface area contributed by atoms with Crippen molar-refractivity contribution in [3.05, 3.63) is 67.2 Å². The standard InChI is InChI=1S/C24H29ClN4O3S/c1-14-15(2)17(4)23(18(5)16(14)3)33(31,32)29-10-8-28(9-11-29)13-22-26-21-12-19(25)6-7-20(21)24(30)27-22/h6-7,12H,8-11,13H2,1-5H3,(H,26,27,30). The maximum atomic E-state index is 13.6. The van der Waals surface area contributed by atoms with Gasteiger partial charge >= 0.3 is 0 Å². The molecule has 1 aromatic heterocycles. The summed E-state index contributed by atoms with van der Waals surface area (Å²) in [5.74, 6) is 0.544. The summed E-state index contributed by atoms with van der Waals surface area (Å²) in [4.78, 5) is 22.3. The molecule has 1 aliphatic heterocycles. The minimum Gasteiger partial charge on any atom is -0.309 e. The van der Waals surface area contributed by atoms with Crippen molar-refractivity contribution in [2.45, 2.75) is 46.1 Å². The first-order valence-corrected chi connectivity index (χ1v) is 12.8. The Kier molecular flexibility index (Phi) is 6.39. The van der Waals surface area contributed by atoms with E-state index < -0.39 is 10.0 Å². The van der Waals surface area contributed by atoms with Crippen LogP contribution in [-0.4, -0.2) is 53.8 Å². The van der Waals surface area contributed by atoms with Crippen LogP contribution in [0.4, 0.5) is 0 Å². The second kappa shape index (κ2) is 8.83. The number of sulfonamides is 1. The van der Waals surface area contributed by atoms with Gasteiger partial charge in [-0.1, -0.05) is 11.6 Å². The van der Waals surface area contributed by atoms with Crippen molar-refractivity contribution in [3.8, 4) is 0 Å². The van der Waals surface area contributed by atoms with Crippen LogP contribution < -0.4 is 5.56 Å². The number of nitrogens with zero attached hydrogens (tertiary/aromatic N) is 3. The van der Waals surface area contributed by atoms with E-state index in [0.717, 1.165) is 27.8 Å². The van der Waals surface area contributed by atoms with E-state index in [0.29, 0.717) is 59.4 Å². The minimum absolute atomic E-state index is 0.205. The van der Waals surface area contributed by atoms with Crippen LogP contribution >= 0.6 is 11.6 Å². The van der Waals surface area contributed by atoms with Crippen LogP contribution in [0, 0.1) is 34.6 Å². The van der Waals surface area contributed by atoms with Crippen molar-refractivity contribution >= 4 is 32.5 Å². The second-order valence-electron chi connectivity index (χ2n) is 8.81. The predicted octanol–water partition coefficient (Wildman–Crippen LogP) is 3.63. The predicted molar refractivity (Wildman–Crippen MR) is 132 cm³/mol. The molecule has 33 heavy (non-hydrogen) atoms. The molecule has 7 nitrogen and oxygen atoms in total. The van der Waals surface area contributed by atoms with Gasteiger partial charge in [0.1, 0.15) is 5.82 Å². The number of H-pyrrole nitrogens is 1. The number of benzene rings is 2. The molecule has 2 aromatic carbocycles. The van der Waals surface area contributed by atoms with Gasteiger partial charge in [-0.15, -0.1) is 0 Å². The average Bonchev–Trinajstić information content (AvgIpc) is 2.76. The van der Waals surface area contributed by atoms with Crippen LogP contribution in [0.25, 0.3) is 10.9 Å². The molecule has 0 aliphatic carbocycles. The minimum atomic E-state index is -3.60. The molecule has 1 aliphatic rings. The number of aromatic amines is 1. The lowest BCUT2D eigenvalue weighted by atomic mass is 9.95. The largest absolute Gasteiger partial charge is 0.309 e. The van der Waals surface area contributed by atoms with Crippen molar-refractivity contribution in [2.24, 2.45) is 0 Å². The fourth-order valence-corrected chi connectivity index (χ4v) is 6.71. The van der Waals surface area contributed by atoms with Crippen molar-refractivity contribution in [1.82, 2.24) is 19.2 Å². The first-order chi connectivity index (χ1) is 15.5. The highest BCUT2D eigenvalue weighted by molar-refractivity contribution is 7.89. The normalized spacial score (nSPS) is 15.9. The van der Waals surface area contributed by atoms with Gasteiger partial charge in [0, 0.05) is 31.2 Å². The van der Waals surface area contributed by atoms with Gasteiger partial charge in [0.05, 0.1) is 22.3 Å². The van der Waals surface area contributed by atoms with Crippen LogP contribution in [0.15, 0.2) is 27.9 Å². The Morgan fingerprint density at radius 3 is 2.12 bits per heavy atom. The summed E-state index contributed by atoms with van der Waals surface area (Å²) in [6.45, 7) is 12.1. The van der Waals surface area contributed by atoms with Crippen LogP contribution in [0.3, 0.4) is 0 Å². The van der Waals surface area contributed by atoms with E-state index in [1.807, 2.05) is 34.6 Å². The van der Waals surface area contributed by atoms with Gasteiger partial charge in [-0.25, -0.2) is 13.4 Å². The number of rotatable bonds is 4. The Labute approximate surface area is 199 Å². The molecule has 0 atom stereocenters. The summed E-state index contributed by atoms with van der Waals surface area (Å²) in [6, 6.07) is 5.01. The SMILES string of the molecule is Cc1c(C)c(C)c(S(=O)(=O)N2CCN(Cc3nc4cc(Cl)ccc4c(=O)[nH]3)CC2)c(C)c1C. The number of fused-ring (bicyclic) bond motifs is 1. The molecule has 0 radical (unpaired) electrons. The van der Waals surface area contributed by atoms with Crippen LogP contribution in [0.2, 0.25) is 5.02 Å². The summed E-state index contributed by atoms with van der Waals surface area (Å²) in [5.41, 5.74) is 5.21.